The summed E-state index contributed by atoms with van der Waals surface area (Å²) in [7, 11) is 1.94. The minimum Gasteiger partial charge on any atom is -0.313 e. The number of hydrogen-bond acceptors (Lipinski definition) is 2. The van der Waals surface area contributed by atoms with E-state index in [1.54, 1.807) is 0 Å². The molecule has 0 spiro atoms. The lowest BCUT2D eigenvalue weighted by atomic mass is 10.2. The first-order valence-corrected chi connectivity index (χ1v) is 4.62. The predicted molar refractivity (Wildman–Crippen MR) is 54.6 cm³/mol. The molecule has 0 saturated heterocycles. The number of nitrogens with zero attached hydrogens (tertiary/aromatic N) is 2. The SMILES string of the molecule is C/C=C/CNCCc1cnn(C)c1. The molecule has 0 saturated carbocycles. The first kappa shape index (κ1) is 9.99. The molecule has 1 rings (SSSR count). The van der Waals surface area contributed by atoms with Crippen LogP contribution in [0.25, 0.3) is 0 Å². The quantitative estimate of drug-likeness (QED) is 0.542. The van der Waals surface area contributed by atoms with Gasteiger partial charge >= 0.3 is 0 Å². The molecule has 0 atom stereocenters. The van der Waals surface area contributed by atoms with Gasteiger partial charge in [-0.05, 0) is 25.5 Å². The highest BCUT2D eigenvalue weighted by Crippen LogP contribution is 1.95. The number of hydrogen-bond donors (Lipinski definition) is 1. The van der Waals surface area contributed by atoms with Crippen molar-refractivity contribution in [2.24, 2.45) is 7.05 Å². The van der Waals surface area contributed by atoms with E-state index in [4.69, 9.17) is 0 Å². The van der Waals surface area contributed by atoms with E-state index in [9.17, 15) is 0 Å². The Labute approximate surface area is 79.5 Å². The van der Waals surface area contributed by atoms with Gasteiger partial charge in [0.2, 0.25) is 0 Å². The molecule has 1 aromatic heterocycles. The molecule has 72 valence electrons. The van der Waals surface area contributed by atoms with Crippen LogP contribution in [0.3, 0.4) is 0 Å². The van der Waals surface area contributed by atoms with Crippen LogP contribution in [0.1, 0.15) is 12.5 Å². The van der Waals surface area contributed by atoms with E-state index in [1.807, 2.05) is 24.9 Å². The van der Waals surface area contributed by atoms with Gasteiger partial charge in [0, 0.05) is 19.8 Å². The maximum absolute atomic E-state index is 4.11. The van der Waals surface area contributed by atoms with Crippen LogP contribution in [0.4, 0.5) is 0 Å². The van der Waals surface area contributed by atoms with Gasteiger partial charge in [0.15, 0.2) is 0 Å². The topological polar surface area (TPSA) is 29.9 Å². The van der Waals surface area contributed by atoms with Crippen molar-refractivity contribution < 1.29 is 0 Å². The molecule has 0 aliphatic heterocycles. The lowest BCUT2D eigenvalue weighted by molar-refractivity contribution is 0.741. The Kier molecular flexibility index (Phi) is 4.26. The minimum atomic E-state index is 0.955. The van der Waals surface area contributed by atoms with Crippen LogP contribution in [0.5, 0.6) is 0 Å². The van der Waals surface area contributed by atoms with Crippen molar-refractivity contribution in [1.29, 1.82) is 0 Å². The Morgan fingerprint density at radius 2 is 2.46 bits per heavy atom. The number of aromatic nitrogens is 2. The van der Waals surface area contributed by atoms with Crippen molar-refractivity contribution in [3.8, 4) is 0 Å². The van der Waals surface area contributed by atoms with Crippen molar-refractivity contribution in [3.05, 3.63) is 30.1 Å². The average Bonchev–Trinajstić information content (AvgIpc) is 2.51. The average molecular weight is 179 g/mol. The largest absolute Gasteiger partial charge is 0.313 e. The maximum Gasteiger partial charge on any atom is 0.0522 e. The fraction of sp³-hybridized carbons (Fsp3) is 0.500. The van der Waals surface area contributed by atoms with Crippen LogP contribution < -0.4 is 5.32 Å². The Morgan fingerprint density at radius 3 is 3.08 bits per heavy atom. The second kappa shape index (κ2) is 5.54. The summed E-state index contributed by atoms with van der Waals surface area (Å²) in [6, 6.07) is 0. The van der Waals surface area contributed by atoms with E-state index in [2.05, 4.69) is 28.8 Å². The van der Waals surface area contributed by atoms with Gasteiger partial charge in [-0.2, -0.15) is 5.10 Å². The molecule has 0 fully saturated rings. The predicted octanol–water partition coefficient (Wildman–Crippen LogP) is 1.13. The number of rotatable bonds is 5. The van der Waals surface area contributed by atoms with Crippen molar-refractivity contribution in [3.63, 3.8) is 0 Å². The van der Waals surface area contributed by atoms with Gasteiger partial charge in [-0.1, -0.05) is 12.2 Å². The van der Waals surface area contributed by atoms with E-state index in [1.165, 1.54) is 5.56 Å². The maximum atomic E-state index is 4.11. The molecule has 0 amide bonds. The van der Waals surface area contributed by atoms with Gasteiger partial charge in [-0.15, -0.1) is 0 Å². The van der Waals surface area contributed by atoms with Gasteiger partial charge in [0.25, 0.3) is 0 Å². The van der Waals surface area contributed by atoms with E-state index in [-0.39, 0.29) is 0 Å². The van der Waals surface area contributed by atoms with Crippen molar-refractivity contribution in [2.75, 3.05) is 13.1 Å². The highest BCUT2D eigenvalue weighted by molar-refractivity contribution is 5.03. The molecule has 0 bridgehead atoms. The molecule has 3 nitrogen and oxygen atoms in total. The van der Waals surface area contributed by atoms with Crippen LogP contribution in [-0.4, -0.2) is 22.9 Å². The second-order valence-corrected chi connectivity index (χ2v) is 3.05. The van der Waals surface area contributed by atoms with Crippen LogP contribution >= 0.6 is 0 Å². The fourth-order valence-corrected chi connectivity index (χ4v) is 1.14. The Hall–Kier alpha value is -1.09. The summed E-state index contributed by atoms with van der Waals surface area (Å²) in [4.78, 5) is 0. The van der Waals surface area contributed by atoms with Crippen molar-refractivity contribution >= 4 is 0 Å². The van der Waals surface area contributed by atoms with Gasteiger partial charge in [0.1, 0.15) is 0 Å². The summed E-state index contributed by atoms with van der Waals surface area (Å²) in [6.45, 7) is 4.00. The van der Waals surface area contributed by atoms with Crippen LogP contribution in [0.2, 0.25) is 0 Å². The molecule has 1 N–H and O–H groups in total. The van der Waals surface area contributed by atoms with Crippen LogP contribution in [0, 0.1) is 0 Å². The zero-order valence-corrected chi connectivity index (χ0v) is 8.33. The van der Waals surface area contributed by atoms with Gasteiger partial charge in [-0.25, -0.2) is 0 Å². The molecule has 13 heavy (non-hydrogen) atoms. The fourth-order valence-electron chi connectivity index (χ4n) is 1.14. The molecule has 3 heteroatoms. The van der Waals surface area contributed by atoms with Gasteiger partial charge in [-0.3, -0.25) is 4.68 Å². The summed E-state index contributed by atoms with van der Waals surface area (Å²) in [5.74, 6) is 0. The van der Waals surface area contributed by atoms with Crippen molar-refractivity contribution in [1.82, 2.24) is 15.1 Å². The monoisotopic (exact) mass is 179 g/mol. The number of allylic oxidation sites excluding steroid dienone is 1. The summed E-state index contributed by atoms with van der Waals surface area (Å²) >= 11 is 0. The van der Waals surface area contributed by atoms with E-state index in [0.29, 0.717) is 0 Å². The smallest absolute Gasteiger partial charge is 0.0522 e. The second-order valence-electron chi connectivity index (χ2n) is 3.05. The summed E-state index contributed by atoms with van der Waals surface area (Å²) in [5, 5.41) is 7.43. The first-order chi connectivity index (χ1) is 6.33. The molecular weight excluding hydrogens is 162 g/mol. The van der Waals surface area contributed by atoms with Crippen LogP contribution in [-0.2, 0) is 13.5 Å². The molecule has 1 aromatic rings. The third kappa shape index (κ3) is 3.90. The third-order valence-electron chi connectivity index (χ3n) is 1.85. The number of nitrogens with one attached hydrogen (secondary N) is 1. The minimum absolute atomic E-state index is 0.955. The summed E-state index contributed by atoms with van der Waals surface area (Å²) in [5.41, 5.74) is 1.29. The van der Waals surface area contributed by atoms with Gasteiger partial charge in [0.05, 0.1) is 6.20 Å². The van der Waals surface area contributed by atoms with E-state index < -0.39 is 0 Å². The Balaban J connectivity index is 2.13. The first-order valence-electron chi connectivity index (χ1n) is 4.62. The highest BCUT2D eigenvalue weighted by atomic mass is 15.2. The van der Waals surface area contributed by atoms with Gasteiger partial charge < -0.3 is 5.32 Å². The third-order valence-corrected chi connectivity index (χ3v) is 1.85. The summed E-state index contributed by atoms with van der Waals surface area (Å²) < 4.78 is 1.83. The van der Waals surface area contributed by atoms with E-state index in [0.717, 1.165) is 19.5 Å². The zero-order chi connectivity index (χ0) is 9.52. The lowest BCUT2D eigenvalue weighted by Crippen LogP contribution is -2.16. The summed E-state index contributed by atoms with van der Waals surface area (Å²) in [6.07, 6.45) is 9.18. The molecule has 1 heterocycles. The Bertz CT molecular complexity index is 263. The highest BCUT2D eigenvalue weighted by Gasteiger charge is 1.93. The molecular formula is C10H17N3. The molecule has 0 aliphatic rings. The molecule has 0 aromatic carbocycles. The molecule has 0 aliphatic carbocycles. The lowest BCUT2D eigenvalue weighted by Gasteiger charge is -1.98. The zero-order valence-electron chi connectivity index (χ0n) is 8.33. The number of aryl methyl sites for hydroxylation is 1. The molecule has 0 radical (unpaired) electrons. The van der Waals surface area contributed by atoms with E-state index >= 15 is 0 Å². The standard InChI is InChI=1S/C10H17N3/c1-3-4-6-11-7-5-10-8-12-13(2)9-10/h3-4,8-9,11H,5-7H2,1-2H3/b4-3+. The van der Waals surface area contributed by atoms with Crippen molar-refractivity contribution in [2.45, 2.75) is 13.3 Å². The van der Waals surface area contributed by atoms with Crippen LogP contribution in [0.15, 0.2) is 24.5 Å². The normalized spacial score (nSPS) is 11.2. The Morgan fingerprint density at radius 1 is 1.62 bits per heavy atom. The molecule has 0 unspecified atom stereocenters.